The molecule has 3 heteroatoms. The Hall–Kier alpha value is -1.37. The van der Waals surface area contributed by atoms with E-state index in [1.54, 1.807) is 0 Å². The summed E-state index contributed by atoms with van der Waals surface area (Å²) in [6, 6.07) is 11.0. The molecule has 0 spiro atoms. The molecule has 0 atom stereocenters. The summed E-state index contributed by atoms with van der Waals surface area (Å²) in [5, 5.41) is 12.4. The summed E-state index contributed by atoms with van der Waals surface area (Å²) in [5.74, 6) is 0. The molecule has 0 amide bonds. The normalized spacial score (nSPS) is 17.6. The van der Waals surface area contributed by atoms with Gasteiger partial charge in [0, 0.05) is 13.1 Å². The Labute approximate surface area is 115 Å². The van der Waals surface area contributed by atoms with Gasteiger partial charge in [0.1, 0.15) is 5.41 Å². The minimum Gasteiger partial charge on any atom is -0.378 e. The lowest BCUT2D eigenvalue weighted by Gasteiger charge is -2.35. The second-order valence-electron chi connectivity index (χ2n) is 6.44. The summed E-state index contributed by atoms with van der Waals surface area (Å²) >= 11 is 0. The molecule has 1 N–H and O–H groups in total. The maximum atomic E-state index is 9.09. The van der Waals surface area contributed by atoms with Crippen LogP contribution in [0.15, 0.2) is 24.3 Å². The van der Waals surface area contributed by atoms with E-state index in [9.17, 15) is 0 Å². The van der Waals surface area contributed by atoms with Crippen LogP contribution in [0.3, 0.4) is 0 Å². The molecule has 0 radical (unpaired) electrons. The molecule has 102 valence electrons. The van der Waals surface area contributed by atoms with Crippen LogP contribution in [-0.2, 0) is 16.7 Å². The smallest absolute Gasteiger partial charge is 0.116 e. The van der Waals surface area contributed by atoms with Gasteiger partial charge in [-0.05, 0) is 16.5 Å². The summed E-state index contributed by atoms with van der Waals surface area (Å²) in [6.07, 6.45) is 0. The Morgan fingerprint density at radius 3 is 2.32 bits per heavy atom. The lowest BCUT2D eigenvalue weighted by Crippen LogP contribution is -2.48. The van der Waals surface area contributed by atoms with Crippen LogP contribution >= 0.6 is 0 Å². The Morgan fingerprint density at radius 2 is 1.89 bits per heavy atom. The molecule has 0 unspecified atom stereocenters. The van der Waals surface area contributed by atoms with E-state index in [2.05, 4.69) is 56.4 Å². The van der Waals surface area contributed by atoms with Crippen molar-refractivity contribution in [1.29, 1.82) is 5.26 Å². The Balaban J connectivity index is 1.85. The van der Waals surface area contributed by atoms with Crippen molar-refractivity contribution in [2.24, 2.45) is 5.41 Å². The molecule has 2 rings (SSSR count). The molecule has 0 aliphatic carbocycles. The van der Waals surface area contributed by atoms with E-state index in [1.807, 2.05) is 0 Å². The number of nitriles is 1. The van der Waals surface area contributed by atoms with Gasteiger partial charge >= 0.3 is 0 Å². The highest BCUT2D eigenvalue weighted by molar-refractivity contribution is 5.27. The summed E-state index contributed by atoms with van der Waals surface area (Å²) in [4.78, 5) is 0. The zero-order valence-electron chi connectivity index (χ0n) is 12.0. The third-order valence-electron chi connectivity index (χ3n) is 3.61. The first-order chi connectivity index (χ1) is 8.95. The van der Waals surface area contributed by atoms with Crippen LogP contribution in [0, 0.1) is 16.7 Å². The van der Waals surface area contributed by atoms with E-state index >= 15 is 0 Å². The number of hydrogen-bond acceptors (Lipinski definition) is 3. The maximum absolute atomic E-state index is 9.09. The van der Waals surface area contributed by atoms with Crippen molar-refractivity contribution in [1.82, 2.24) is 5.32 Å². The van der Waals surface area contributed by atoms with Gasteiger partial charge in [-0.3, -0.25) is 0 Å². The molecule has 1 aliphatic rings. The fourth-order valence-electron chi connectivity index (χ4n) is 2.12. The van der Waals surface area contributed by atoms with Gasteiger partial charge in [0.25, 0.3) is 0 Å². The van der Waals surface area contributed by atoms with Crippen LogP contribution in [0.5, 0.6) is 0 Å². The van der Waals surface area contributed by atoms with E-state index in [1.165, 1.54) is 11.1 Å². The van der Waals surface area contributed by atoms with Crippen molar-refractivity contribution in [3.05, 3.63) is 35.4 Å². The third-order valence-corrected chi connectivity index (χ3v) is 3.61. The standard InChI is InChI=1S/C16H22N2O/c1-15(2,3)14-6-4-13(5-7-14)8-18-10-16(9-17)11-19-12-16/h4-7,18H,8,10-12H2,1-3H3. The molecule has 3 nitrogen and oxygen atoms in total. The molecule has 1 aliphatic heterocycles. The minimum atomic E-state index is -0.300. The van der Waals surface area contributed by atoms with Crippen LogP contribution in [0.1, 0.15) is 31.9 Å². The maximum Gasteiger partial charge on any atom is 0.116 e. The molecule has 1 aromatic rings. The highest BCUT2D eigenvalue weighted by atomic mass is 16.5. The number of nitrogens with zero attached hydrogens (tertiary/aromatic N) is 1. The second-order valence-corrected chi connectivity index (χ2v) is 6.44. The fourth-order valence-corrected chi connectivity index (χ4v) is 2.12. The van der Waals surface area contributed by atoms with Crippen LogP contribution in [0.2, 0.25) is 0 Å². The zero-order valence-corrected chi connectivity index (χ0v) is 12.0. The quantitative estimate of drug-likeness (QED) is 0.903. The van der Waals surface area contributed by atoms with E-state index in [0.29, 0.717) is 19.8 Å². The Morgan fingerprint density at radius 1 is 1.26 bits per heavy atom. The van der Waals surface area contributed by atoms with Crippen LogP contribution < -0.4 is 5.32 Å². The molecule has 0 aromatic heterocycles. The van der Waals surface area contributed by atoms with Crippen LogP contribution in [0.25, 0.3) is 0 Å². The van der Waals surface area contributed by atoms with Crippen molar-refractivity contribution in [2.45, 2.75) is 32.7 Å². The van der Waals surface area contributed by atoms with E-state index in [0.717, 1.165) is 6.54 Å². The van der Waals surface area contributed by atoms with Gasteiger partial charge in [-0.1, -0.05) is 45.0 Å². The number of rotatable bonds is 4. The van der Waals surface area contributed by atoms with Gasteiger partial charge in [-0.15, -0.1) is 0 Å². The first-order valence-electron chi connectivity index (χ1n) is 6.74. The number of ether oxygens (including phenoxy) is 1. The highest BCUT2D eigenvalue weighted by Gasteiger charge is 2.38. The van der Waals surface area contributed by atoms with Gasteiger partial charge in [0.05, 0.1) is 19.3 Å². The summed E-state index contributed by atoms with van der Waals surface area (Å²) in [5.41, 5.74) is 2.49. The van der Waals surface area contributed by atoms with E-state index in [-0.39, 0.29) is 10.8 Å². The number of benzene rings is 1. The first kappa shape index (κ1) is 14.0. The molecule has 1 saturated heterocycles. The minimum absolute atomic E-state index is 0.195. The predicted octanol–water partition coefficient (Wildman–Crippen LogP) is 2.61. The average molecular weight is 258 g/mol. The monoisotopic (exact) mass is 258 g/mol. The van der Waals surface area contributed by atoms with Crippen molar-refractivity contribution in [2.75, 3.05) is 19.8 Å². The van der Waals surface area contributed by atoms with Gasteiger partial charge in [-0.25, -0.2) is 0 Å². The fraction of sp³-hybridized carbons (Fsp3) is 0.562. The van der Waals surface area contributed by atoms with Gasteiger partial charge in [-0.2, -0.15) is 5.26 Å². The summed E-state index contributed by atoms with van der Waals surface area (Å²) < 4.78 is 5.12. The molecule has 0 bridgehead atoms. The molecule has 1 aromatic carbocycles. The molecular formula is C16H22N2O. The summed E-state index contributed by atoms with van der Waals surface area (Å²) in [6.45, 7) is 9.26. The van der Waals surface area contributed by atoms with Crippen molar-refractivity contribution < 1.29 is 4.74 Å². The lowest BCUT2D eigenvalue weighted by molar-refractivity contribution is -0.0755. The van der Waals surface area contributed by atoms with Gasteiger partial charge < -0.3 is 10.1 Å². The molecular weight excluding hydrogens is 236 g/mol. The highest BCUT2D eigenvalue weighted by Crippen LogP contribution is 2.25. The SMILES string of the molecule is CC(C)(C)c1ccc(CNCC2(C#N)COC2)cc1. The summed E-state index contributed by atoms with van der Waals surface area (Å²) in [7, 11) is 0. The van der Waals surface area contributed by atoms with Crippen molar-refractivity contribution in [3.8, 4) is 6.07 Å². The van der Waals surface area contributed by atoms with Crippen molar-refractivity contribution in [3.63, 3.8) is 0 Å². The predicted molar refractivity (Wildman–Crippen MR) is 75.7 cm³/mol. The number of hydrogen-bond donors (Lipinski definition) is 1. The zero-order chi connectivity index (χ0) is 13.9. The van der Waals surface area contributed by atoms with Crippen LogP contribution in [-0.4, -0.2) is 19.8 Å². The molecule has 1 heterocycles. The van der Waals surface area contributed by atoms with Gasteiger partial charge in [0.2, 0.25) is 0 Å². The Kier molecular flexibility index (Phi) is 3.93. The Bertz CT molecular complexity index is 461. The number of nitrogens with one attached hydrogen (secondary N) is 1. The van der Waals surface area contributed by atoms with E-state index < -0.39 is 0 Å². The third kappa shape index (κ3) is 3.34. The van der Waals surface area contributed by atoms with Crippen molar-refractivity contribution >= 4 is 0 Å². The molecule has 0 saturated carbocycles. The lowest BCUT2D eigenvalue weighted by atomic mass is 9.86. The largest absolute Gasteiger partial charge is 0.378 e. The second kappa shape index (κ2) is 5.32. The topological polar surface area (TPSA) is 45.0 Å². The first-order valence-corrected chi connectivity index (χ1v) is 6.74. The average Bonchev–Trinajstić information content (AvgIpc) is 2.32. The van der Waals surface area contributed by atoms with E-state index in [4.69, 9.17) is 10.00 Å². The van der Waals surface area contributed by atoms with Crippen LogP contribution in [0.4, 0.5) is 0 Å². The van der Waals surface area contributed by atoms with Gasteiger partial charge in [0.15, 0.2) is 0 Å². The molecule has 1 fully saturated rings. The molecule has 19 heavy (non-hydrogen) atoms.